The molecule has 26 heavy (non-hydrogen) atoms. The van der Waals surface area contributed by atoms with Gasteiger partial charge in [0.2, 0.25) is 0 Å². The molecule has 1 aromatic carbocycles. The number of rotatable bonds is 4. The summed E-state index contributed by atoms with van der Waals surface area (Å²) < 4.78 is 5.29. The zero-order chi connectivity index (χ0) is 17.9. The second-order valence-corrected chi connectivity index (χ2v) is 6.30. The number of hydrogen-bond acceptors (Lipinski definition) is 4. The summed E-state index contributed by atoms with van der Waals surface area (Å²) in [6, 6.07) is 13.4. The van der Waals surface area contributed by atoms with Crippen molar-refractivity contribution < 1.29 is 9.53 Å². The summed E-state index contributed by atoms with van der Waals surface area (Å²) in [6.07, 6.45) is 5.27. The largest absolute Gasteiger partial charge is 0.497 e. The number of methoxy groups -OCH3 is 1. The highest BCUT2D eigenvalue weighted by molar-refractivity contribution is 6.00. The van der Waals surface area contributed by atoms with Crippen molar-refractivity contribution in [2.75, 3.05) is 13.7 Å². The number of hydrogen-bond donors (Lipinski definition) is 1. The average molecular weight is 348 g/mol. The normalized spacial score (nSPS) is 16.7. The number of ether oxygens (including phenoxy) is 1. The lowest BCUT2D eigenvalue weighted by atomic mass is 10.1. The summed E-state index contributed by atoms with van der Waals surface area (Å²) in [5, 5.41) is 7.08. The highest BCUT2D eigenvalue weighted by atomic mass is 16.5. The summed E-state index contributed by atoms with van der Waals surface area (Å²) >= 11 is 0. The second kappa shape index (κ2) is 7.00. The lowest BCUT2D eigenvalue weighted by Crippen LogP contribution is -2.31. The van der Waals surface area contributed by atoms with Crippen molar-refractivity contribution in [3.05, 3.63) is 66.1 Å². The monoisotopic (exact) mass is 348 g/mol. The van der Waals surface area contributed by atoms with Gasteiger partial charge in [-0.3, -0.25) is 14.9 Å². The summed E-state index contributed by atoms with van der Waals surface area (Å²) in [7, 11) is 1.62. The van der Waals surface area contributed by atoms with Crippen LogP contribution in [0.2, 0.25) is 0 Å². The van der Waals surface area contributed by atoms with Gasteiger partial charge in [0.25, 0.3) is 5.91 Å². The first-order valence-corrected chi connectivity index (χ1v) is 8.67. The van der Waals surface area contributed by atoms with E-state index in [1.807, 2.05) is 47.4 Å². The lowest BCUT2D eigenvalue weighted by molar-refractivity contribution is 0.0734. The van der Waals surface area contributed by atoms with Gasteiger partial charge in [-0.1, -0.05) is 18.2 Å². The van der Waals surface area contributed by atoms with Crippen molar-refractivity contribution in [2.24, 2.45) is 0 Å². The maximum Gasteiger partial charge on any atom is 0.258 e. The molecule has 0 bridgehead atoms. The molecule has 0 saturated carbocycles. The van der Waals surface area contributed by atoms with Crippen LogP contribution in [0.25, 0.3) is 11.3 Å². The van der Waals surface area contributed by atoms with Gasteiger partial charge in [0.1, 0.15) is 5.75 Å². The molecule has 3 aromatic rings. The molecule has 132 valence electrons. The number of carbonyl (C=O) groups is 1. The first-order chi connectivity index (χ1) is 12.8. The summed E-state index contributed by atoms with van der Waals surface area (Å²) in [4.78, 5) is 19.6. The van der Waals surface area contributed by atoms with Crippen LogP contribution in [0.4, 0.5) is 0 Å². The number of likely N-dealkylation sites (tertiary alicyclic amines) is 1. The zero-order valence-electron chi connectivity index (χ0n) is 14.6. The van der Waals surface area contributed by atoms with E-state index in [9.17, 15) is 4.79 Å². The molecular weight excluding hydrogens is 328 g/mol. The molecule has 1 amide bonds. The minimum absolute atomic E-state index is 0.0109. The van der Waals surface area contributed by atoms with Crippen molar-refractivity contribution >= 4 is 5.91 Å². The van der Waals surface area contributed by atoms with Crippen LogP contribution in [0, 0.1) is 0 Å². The standard InChI is InChI=1S/C20H20N4O2/c1-26-15-7-4-6-14(12-15)19-16(13-22-23-19)20(25)24-11-5-9-18(24)17-8-2-3-10-21-17/h2-4,6-8,10,12-13,18H,5,9,11H2,1H3,(H,22,23)/t18-/m1/s1. The van der Waals surface area contributed by atoms with Gasteiger partial charge in [-0.25, -0.2) is 0 Å². The van der Waals surface area contributed by atoms with Crippen LogP contribution < -0.4 is 4.74 Å². The Morgan fingerprint density at radius 2 is 2.19 bits per heavy atom. The van der Waals surface area contributed by atoms with Crippen molar-refractivity contribution in [3.8, 4) is 17.0 Å². The molecule has 1 N–H and O–H groups in total. The smallest absolute Gasteiger partial charge is 0.258 e. The molecule has 1 aliphatic rings. The van der Waals surface area contributed by atoms with Crippen LogP contribution in [0.1, 0.15) is 34.9 Å². The molecule has 6 nitrogen and oxygen atoms in total. The van der Waals surface area contributed by atoms with Crippen LogP contribution in [0.3, 0.4) is 0 Å². The fourth-order valence-corrected chi connectivity index (χ4v) is 3.49. The first kappa shape index (κ1) is 16.3. The fraction of sp³-hybridized carbons (Fsp3) is 0.250. The molecule has 3 heterocycles. The fourth-order valence-electron chi connectivity index (χ4n) is 3.49. The van der Waals surface area contributed by atoms with Crippen LogP contribution in [0.15, 0.2) is 54.9 Å². The highest BCUT2D eigenvalue weighted by Gasteiger charge is 2.33. The highest BCUT2D eigenvalue weighted by Crippen LogP contribution is 2.34. The van der Waals surface area contributed by atoms with Crippen molar-refractivity contribution in [3.63, 3.8) is 0 Å². The third kappa shape index (κ3) is 2.94. The quantitative estimate of drug-likeness (QED) is 0.784. The number of carbonyl (C=O) groups excluding carboxylic acids is 1. The maximum atomic E-state index is 13.2. The Labute approximate surface area is 151 Å². The predicted molar refractivity (Wildman–Crippen MR) is 97.8 cm³/mol. The lowest BCUT2D eigenvalue weighted by Gasteiger charge is -2.24. The van der Waals surface area contributed by atoms with E-state index in [4.69, 9.17) is 4.74 Å². The Bertz CT molecular complexity index is 907. The van der Waals surface area contributed by atoms with E-state index in [0.29, 0.717) is 11.3 Å². The van der Waals surface area contributed by atoms with E-state index in [0.717, 1.165) is 36.4 Å². The van der Waals surface area contributed by atoms with Gasteiger partial charge >= 0.3 is 0 Å². The van der Waals surface area contributed by atoms with Crippen LogP contribution >= 0.6 is 0 Å². The Morgan fingerprint density at radius 3 is 3.00 bits per heavy atom. The van der Waals surface area contributed by atoms with Gasteiger partial charge < -0.3 is 9.64 Å². The predicted octanol–water partition coefficient (Wildman–Crippen LogP) is 3.46. The number of benzene rings is 1. The minimum atomic E-state index is -0.0234. The topological polar surface area (TPSA) is 71.1 Å². The minimum Gasteiger partial charge on any atom is -0.497 e. The third-order valence-electron chi connectivity index (χ3n) is 4.77. The number of nitrogens with zero attached hydrogens (tertiary/aromatic N) is 3. The summed E-state index contributed by atoms with van der Waals surface area (Å²) in [6.45, 7) is 0.725. The van der Waals surface area contributed by atoms with Crippen molar-refractivity contribution in [2.45, 2.75) is 18.9 Å². The third-order valence-corrected chi connectivity index (χ3v) is 4.77. The number of amides is 1. The molecule has 0 spiro atoms. The summed E-state index contributed by atoms with van der Waals surface area (Å²) in [5.41, 5.74) is 3.09. The van der Waals surface area contributed by atoms with Gasteiger partial charge in [-0.05, 0) is 37.1 Å². The molecule has 0 radical (unpaired) electrons. The molecule has 1 atom stereocenters. The SMILES string of the molecule is COc1cccc(-c2[nH]ncc2C(=O)N2CCC[C@@H]2c2ccccn2)c1. The van der Waals surface area contributed by atoms with E-state index in [-0.39, 0.29) is 11.9 Å². The molecular formula is C20H20N4O2. The van der Waals surface area contributed by atoms with Gasteiger partial charge in [-0.15, -0.1) is 0 Å². The van der Waals surface area contributed by atoms with Gasteiger partial charge in [0, 0.05) is 18.3 Å². The number of aromatic amines is 1. The van der Waals surface area contributed by atoms with E-state index in [2.05, 4.69) is 15.2 Å². The van der Waals surface area contributed by atoms with Gasteiger partial charge in [0.15, 0.2) is 0 Å². The van der Waals surface area contributed by atoms with Gasteiger partial charge in [-0.2, -0.15) is 5.10 Å². The molecule has 0 unspecified atom stereocenters. The molecule has 0 aliphatic carbocycles. The van der Waals surface area contributed by atoms with Crippen LogP contribution in [-0.2, 0) is 0 Å². The van der Waals surface area contributed by atoms with Crippen molar-refractivity contribution in [1.29, 1.82) is 0 Å². The van der Waals surface area contributed by atoms with E-state index >= 15 is 0 Å². The molecule has 1 aliphatic heterocycles. The number of H-pyrrole nitrogens is 1. The zero-order valence-corrected chi connectivity index (χ0v) is 14.6. The van der Waals surface area contributed by atoms with E-state index in [1.165, 1.54) is 0 Å². The molecule has 4 rings (SSSR count). The Kier molecular flexibility index (Phi) is 4.39. The Morgan fingerprint density at radius 1 is 1.27 bits per heavy atom. The molecule has 6 heteroatoms. The number of nitrogens with one attached hydrogen (secondary N) is 1. The first-order valence-electron chi connectivity index (χ1n) is 8.67. The number of aromatic nitrogens is 3. The molecule has 1 fully saturated rings. The van der Waals surface area contributed by atoms with Gasteiger partial charge in [0.05, 0.1) is 36.3 Å². The maximum absolute atomic E-state index is 13.2. The van der Waals surface area contributed by atoms with Crippen molar-refractivity contribution in [1.82, 2.24) is 20.1 Å². The van der Waals surface area contributed by atoms with E-state index < -0.39 is 0 Å². The Balaban J connectivity index is 1.66. The molecule has 2 aromatic heterocycles. The van der Waals surface area contributed by atoms with E-state index in [1.54, 1.807) is 19.5 Å². The molecule has 1 saturated heterocycles. The van der Waals surface area contributed by atoms with Crippen LogP contribution in [-0.4, -0.2) is 39.6 Å². The second-order valence-electron chi connectivity index (χ2n) is 6.30. The van der Waals surface area contributed by atoms with Crippen LogP contribution in [0.5, 0.6) is 5.75 Å². The average Bonchev–Trinajstić information content (AvgIpc) is 3.38. The summed E-state index contributed by atoms with van der Waals surface area (Å²) in [5.74, 6) is 0.716. The Hall–Kier alpha value is -3.15. The number of pyridine rings is 1.